The lowest BCUT2D eigenvalue weighted by Gasteiger charge is -2.41. The van der Waals surface area contributed by atoms with Crippen molar-refractivity contribution in [2.24, 2.45) is 5.92 Å². The van der Waals surface area contributed by atoms with E-state index < -0.39 is 17.4 Å². The molecule has 0 spiro atoms. The SMILES string of the molecule is Cc1cc(C)n(CC(C)CNC(=O)C(F)(F)C2(O)CCC2)n1. The molecule has 1 amide bonds. The molecule has 1 aromatic heterocycles. The van der Waals surface area contributed by atoms with Gasteiger partial charge < -0.3 is 10.4 Å². The summed E-state index contributed by atoms with van der Waals surface area (Å²) in [7, 11) is 0. The number of rotatable bonds is 6. The topological polar surface area (TPSA) is 67.2 Å². The Morgan fingerprint density at radius 3 is 2.64 bits per heavy atom. The first kappa shape index (κ1) is 16.9. The van der Waals surface area contributed by atoms with E-state index in [1.54, 1.807) is 4.68 Å². The number of carbonyl (C=O) groups is 1. The van der Waals surface area contributed by atoms with Gasteiger partial charge >= 0.3 is 5.92 Å². The summed E-state index contributed by atoms with van der Waals surface area (Å²) in [5, 5.41) is 16.3. The van der Waals surface area contributed by atoms with E-state index in [1.165, 1.54) is 0 Å². The number of nitrogens with one attached hydrogen (secondary N) is 1. The van der Waals surface area contributed by atoms with Crippen molar-refractivity contribution in [2.45, 2.75) is 58.1 Å². The largest absolute Gasteiger partial charge is 0.383 e. The van der Waals surface area contributed by atoms with Gasteiger partial charge in [-0.05, 0) is 45.1 Å². The van der Waals surface area contributed by atoms with Gasteiger partial charge in [0.25, 0.3) is 5.91 Å². The van der Waals surface area contributed by atoms with Crippen LogP contribution in [0, 0.1) is 19.8 Å². The summed E-state index contributed by atoms with van der Waals surface area (Å²) in [5.41, 5.74) is -0.284. The number of halogens is 2. The van der Waals surface area contributed by atoms with Crippen LogP contribution < -0.4 is 5.32 Å². The summed E-state index contributed by atoms with van der Waals surface area (Å²) in [5.74, 6) is -5.17. The van der Waals surface area contributed by atoms with Gasteiger partial charge in [-0.25, -0.2) is 0 Å². The monoisotopic (exact) mass is 315 g/mol. The molecule has 5 nitrogen and oxygen atoms in total. The standard InChI is InChI=1S/C15H23F2N3O2/c1-10(9-20-12(3)7-11(2)19-20)8-18-13(21)15(16,17)14(22)5-4-6-14/h7,10,22H,4-6,8-9H2,1-3H3,(H,18,21). The number of aliphatic hydroxyl groups is 1. The maximum Gasteiger partial charge on any atom is 0.352 e. The summed E-state index contributed by atoms with van der Waals surface area (Å²) in [4.78, 5) is 11.7. The zero-order valence-electron chi connectivity index (χ0n) is 13.2. The molecular formula is C15H23F2N3O2. The van der Waals surface area contributed by atoms with Gasteiger partial charge in [0.15, 0.2) is 0 Å². The maximum atomic E-state index is 13.9. The number of aromatic nitrogens is 2. The van der Waals surface area contributed by atoms with Crippen molar-refractivity contribution in [3.8, 4) is 0 Å². The van der Waals surface area contributed by atoms with Crippen molar-refractivity contribution in [1.82, 2.24) is 15.1 Å². The van der Waals surface area contributed by atoms with Crippen molar-refractivity contribution < 1.29 is 18.7 Å². The molecule has 1 aliphatic rings. The summed E-state index contributed by atoms with van der Waals surface area (Å²) >= 11 is 0. The molecule has 0 aliphatic heterocycles. The Balaban J connectivity index is 1.86. The van der Waals surface area contributed by atoms with Crippen molar-refractivity contribution in [1.29, 1.82) is 0 Å². The Morgan fingerprint density at radius 1 is 1.55 bits per heavy atom. The molecule has 0 radical (unpaired) electrons. The summed E-state index contributed by atoms with van der Waals surface area (Å²) in [6.07, 6.45) is 0.456. The van der Waals surface area contributed by atoms with Crippen LogP contribution in [-0.2, 0) is 11.3 Å². The van der Waals surface area contributed by atoms with E-state index in [1.807, 2.05) is 26.8 Å². The molecule has 124 valence electrons. The number of amides is 1. The number of carbonyl (C=O) groups excluding carboxylic acids is 1. The van der Waals surface area contributed by atoms with Gasteiger partial charge in [0.1, 0.15) is 5.60 Å². The van der Waals surface area contributed by atoms with Crippen LogP contribution in [0.3, 0.4) is 0 Å². The average molecular weight is 315 g/mol. The minimum atomic E-state index is -3.73. The highest BCUT2D eigenvalue weighted by Crippen LogP contribution is 2.44. The molecule has 1 fully saturated rings. The first-order chi connectivity index (χ1) is 10.2. The van der Waals surface area contributed by atoms with Crippen molar-refractivity contribution in [2.75, 3.05) is 6.54 Å². The van der Waals surface area contributed by atoms with Gasteiger partial charge in [0.2, 0.25) is 0 Å². The van der Waals surface area contributed by atoms with E-state index in [2.05, 4.69) is 10.4 Å². The third-order valence-electron chi connectivity index (χ3n) is 4.25. The van der Waals surface area contributed by atoms with Crippen LogP contribution in [0.5, 0.6) is 0 Å². The van der Waals surface area contributed by atoms with Gasteiger partial charge in [0.05, 0.1) is 5.69 Å². The maximum absolute atomic E-state index is 13.9. The highest BCUT2D eigenvalue weighted by Gasteiger charge is 2.61. The molecule has 22 heavy (non-hydrogen) atoms. The van der Waals surface area contributed by atoms with Crippen LogP contribution in [-0.4, -0.2) is 38.9 Å². The fraction of sp³-hybridized carbons (Fsp3) is 0.733. The second-order valence-corrected chi connectivity index (χ2v) is 6.38. The number of alkyl halides is 2. The van der Waals surface area contributed by atoms with Crippen LogP contribution in [0.4, 0.5) is 8.78 Å². The molecule has 0 bridgehead atoms. The molecule has 1 aliphatic carbocycles. The minimum absolute atomic E-state index is 0.0330. The third-order valence-corrected chi connectivity index (χ3v) is 4.25. The van der Waals surface area contributed by atoms with Crippen LogP contribution in [0.2, 0.25) is 0 Å². The van der Waals surface area contributed by atoms with Crippen molar-refractivity contribution in [3.05, 3.63) is 17.5 Å². The summed E-state index contributed by atoms with van der Waals surface area (Å²) < 4.78 is 29.6. The Hall–Kier alpha value is -1.50. The first-order valence-corrected chi connectivity index (χ1v) is 7.55. The molecule has 1 heterocycles. The Kier molecular flexibility index (Phi) is 4.56. The minimum Gasteiger partial charge on any atom is -0.383 e. The van der Waals surface area contributed by atoms with E-state index in [0.717, 1.165) is 11.4 Å². The van der Waals surface area contributed by atoms with Gasteiger partial charge in [0, 0.05) is 18.8 Å². The van der Waals surface area contributed by atoms with Gasteiger partial charge in [-0.15, -0.1) is 0 Å². The number of aryl methyl sites for hydroxylation is 2. The molecule has 2 N–H and O–H groups in total. The molecule has 7 heteroatoms. The molecular weight excluding hydrogens is 292 g/mol. The lowest BCUT2D eigenvalue weighted by atomic mass is 9.75. The number of nitrogens with zero attached hydrogens (tertiary/aromatic N) is 2. The Bertz CT molecular complexity index is 553. The first-order valence-electron chi connectivity index (χ1n) is 7.55. The molecule has 1 aromatic rings. The van der Waals surface area contributed by atoms with Gasteiger partial charge in [-0.3, -0.25) is 9.48 Å². The second-order valence-electron chi connectivity index (χ2n) is 6.38. The molecule has 1 atom stereocenters. The highest BCUT2D eigenvalue weighted by atomic mass is 19.3. The van der Waals surface area contributed by atoms with Crippen molar-refractivity contribution in [3.63, 3.8) is 0 Å². The van der Waals surface area contributed by atoms with Gasteiger partial charge in [-0.1, -0.05) is 6.92 Å². The Morgan fingerprint density at radius 2 is 2.18 bits per heavy atom. The summed E-state index contributed by atoms with van der Waals surface area (Å²) in [6, 6.07) is 1.94. The molecule has 2 rings (SSSR count). The molecule has 0 aromatic carbocycles. The fourth-order valence-electron chi connectivity index (χ4n) is 2.63. The van der Waals surface area contributed by atoms with E-state index in [0.29, 0.717) is 13.0 Å². The quantitative estimate of drug-likeness (QED) is 0.841. The predicted molar refractivity (Wildman–Crippen MR) is 77.6 cm³/mol. The van der Waals surface area contributed by atoms with Crippen LogP contribution in [0.1, 0.15) is 37.6 Å². The van der Waals surface area contributed by atoms with Crippen LogP contribution in [0.15, 0.2) is 6.07 Å². The van der Waals surface area contributed by atoms with E-state index in [4.69, 9.17) is 0 Å². The normalized spacial score (nSPS) is 18.6. The lowest BCUT2D eigenvalue weighted by molar-refractivity contribution is -0.216. The van der Waals surface area contributed by atoms with Crippen LogP contribution in [0.25, 0.3) is 0 Å². The lowest BCUT2D eigenvalue weighted by Crippen LogP contribution is -2.61. The van der Waals surface area contributed by atoms with E-state index in [-0.39, 0.29) is 25.3 Å². The van der Waals surface area contributed by atoms with Crippen LogP contribution >= 0.6 is 0 Å². The fourth-order valence-corrected chi connectivity index (χ4v) is 2.63. The Labute approximate surface area is 128 Å². The highest BCUT2D eigenvalue weighted by molar-refractivity contribution is 5.85. The average Bonchev–Trinajstić information content (AvgIpc) is 2.71. The number of hydrogen-bond acceptors (Lipinski definition) is 3. The predicted octanol–water partition coefficient (Wildman–Crippen LogP) is 1.80. The van der Waals surface area contributed by atoms with E-state index in [9.17, 15) is 18.7 Å². The van der Waals surface area contributed by atoms with E-state index >= 15 is 0 Å². The second kappa shape index (κ2) is 5.95. The smallest absolute Gasteiger partial charge is 0.352 e. The molecule has 1 saturated carbocycles. The zero-order chi connectivity index (χ0) is 16.5. The number of hydrogen-bond donors (Lipinski definition) is 2. The third kappa shape index (κ3) is 3.14. The zero-order valence-corrected chi connectivity index (χ0v) is 13.2. The molecule has 1 unspecified atom stereocenters. The summed E-state index contributed by atoms with van der Waals surface area (Å²) in [6.45, 7) is 6.31. The van der Waals surface area contributed by atoms with Crippen molar-refractivity contribution >= 4 is 5.91 Å². The molecule has 0 saturated heterocycles. The van der Waals surface area contributed by atoms with Gasteiger partial charge in [-0.2, -0.15) is 13.9 Å².